The molecule has 1 fully saturated rings. The quantitative estimate of drug-likeness (QED) is 0.818. The van der Waals surface area contributed by atoms with E-state index in [1.165, 1.54) is 19.3 Å². The predicted molar refractivity (Wildman–Crippen MR) is 61.8 cm³/mol. The van der Waals surface area contributed by atoms with Crippen LogP contribution in [-0.4, -0.2) is 16.2 Å². The summed E-state index contributed by atoms with van der Waals surface area (Å²) in [5, 5.41) is 11.1. The van der Waals surface area contributed by atoms with E-state index in [4.69, 9.17) is 10.2 Å². The van der Waals surface area contributed by atoms with Crippen LogP contribution in [0.4, 0.5) is 6.01 Å². The molecule has 1 aromatic rings. The van der Waals surface area contributed by atoms with Crippen LogP contribution in [0.15, 0.2) is 4.42 Å². The van der Waals surface area contributed by atoms with Gasteiger partial charge in [0.1, 0.15) is 0 Å². The molecule has 16 heavy (non-hydrogen) atoms. The third-order valence-corrected chi connectivity index (χ3v) is 3.38. The highest BCUT2D eigenvalue weighted by molar-refractivity contribution is 5.20. The molecule has 2 rings (SSSR count). The Morgan fingerprint density at radius 3 is 2.81 bits per heavy atom. The van der Waals surface area contributed by atoms with Crippen LogP contribution in [0, 0.1) is 11.8 Å². The summed E-state index contributed by atoms with van der Waals surface area (Å²) >= 11 is 0. The van der Waals surface area contributed by atoms with Gasteiger partial charge in [-0.2, -0.15) is 0 Å². The fourth-order valence-electron chi connectivity index (χ4n) is 2.43. The summed E-state index contributed by atoms with van der Waals surface area (Å²) in [6.45, 7) is 4.88. The van der Waals surface area contributed by atoms with Crippen LogP contribution < -0.4 is 11.1 Å². The van der Waals surface area contributed by atoms with Crippen LogP contribution in [0.5, 0.6) is 0 Å². The van der Waals surface area contributed by atoms with Gasteiger partial charge in [0.2, 0.25) is 5.89 Å². The largest absolute Gasteiger partial charge is 0.407 e. The zero-order valence-corrected chi connectivity index (χ0v) is 9.94. The van der Waals surface area contributed by atoms with Gasteiger partial charge >= 0.3 is 6.01 Å². The molecule has 3 N–H and O–H groups in total. The molecule has 0 radical (unpaired) electrons. The monoisotopic (exact) mass is 224 g/mol. The number of nitrogens with one attached hydrogen (secondary N) is 1. The molecule has 1 aromatic heterocycles. The van der Waals surface area contributed by atoms with Crippen molar-refractivity contribution in [2.45, 2.75) is 45.7 Å². The molecule has 1 saturated carbocycles. The predicted octanol–water partition coefficient (Wildman–Crippen LogP) is 1.76. The Balaban J connectivity index is 1.93. The third-order valence-electron chi connectivity index (χ3n) is 3.38. The van der Waals surface area contributed by atoms with Crippen LogP contribution in [-0.2, 0) is 6.54 Å². The van der Waals surface area contributed by atoms with E-state index in [0.717, 1.165) is 5.92 Å². The first-order valence-electron chi connectivity index (χ1n) is 5.98. The number of aromatic nitrogens is 2. The lowest BCUT2D eigenvalue weighted by Crippen LogP contribution is -2.33. The van der Waals surface area contributed by atoms with Gasteiger partial charge in [-0.1, -0.05) is 18.9 Å². The number of hydrogen-bond acceptors (Lipinski definition) is 5. The number of nitrogens with two attached hydrogens (primary N) is 1. The van der Waals surface area contributed by atoms with Gasteiger partial charge in [-0.15, -0.1) is 5.10 Å². The van der Waals surface area contributed by atoms with Crippen molar-refractivity contribution in [3.8, 4) is 0 Å². The maximum absolute atomic E-state index is 5.42. The molecule has 0 saturated heterocycles. The van der Waals surface area contributed by atoms with Crippen LogP contribution in [0.2, 0.25) is 0 Å². The number of nitrogens with zero attached hydrogens (tertiary/aromatic N) is 2. The first kappa shape index (κ1) is 11.4. The minimum absolute atomic E-state index is 0.298. The van der Waals surface area contributed by atoms with Crippen LogP contribution >= 0.6 is 0 Å². The normalized spacial score (nSPS) is 30.3. The van der Waals surface area contributed by atoms with E-state index in [1.807, 2.05) is 0 Å². The van der Waals surface area contributed by atoms with Crippen molar-refractivity contribution in [3.63, 3.8) is 0 Å². The molecule has 0 aromatic carbocycles. The molecular weight excluding hydrogens is 204 g/mol. The minimum Gasteiger partial charge on any atom is -0.407 e. The first-order valence-corrected chi connectivity index (χ1v) is 5.98. The number of rotatable bonds is 3. The number of anilines is 1. The van der Waals surface area contributed by atoms with E-state index in [1.54, 1.807) is 0 Å². The molecule has 5 nitrogen and oxygen atoms in total. The fourth-order valence-corrected chi connectivity index (χ4v) is 2.43. The van der Waals surface area contributed by atoms with Gasteiger partial charge in [0, 0.05) is 6.04 Å². The van der Waals surface area contributed by atoms with Crippen molar-refractivity contribution >= 4 is 6.01 Å². The molecule has 0 aliphatic heterocycles. The summed E-state index contributed by atoms with van der Waals surface area (Å²) in [6, 6.07) is 0.953. The van der Waals surface area contributed by atoms with E-state index in [9.17, 15) is 0 Å². The Labute approximate surface area is 95.8 Å². The molecule has 3 atom stereocenters. The molecule has 1 aliphatic rings. The lowest BCUT2D eigenvalue weighted by atomic mass is 9.80. The van der Waals surface area contributed by atoms with E-state index in [-0.39, 0.29) is 0 Å². The molecular formula is C11H20N4O. The molecule has 0 amide bonds. The zero-order valence-electron chi connectivity index (χ0n) is 9.94. The van der Waals surface area contributed by atoms with Crippen molar-refractivity contribution in [2.75, 3.05) is 5.32 Å². The second kappa shape index (κ2) is 4.82. The molecule has 1 aliphatic carbocycles. The van der Waals surface area contributed by atoms with Gasteiger partial charge in [-0.25, -0.2) is 0 Å². The summed E-state index contributed by atoms with van der Waals surface area (Å²) in [4.78, 5) is 0. The topological polar surface area (TPSA) is 77.0 Å². The molecule has 0 bridgehead atoms. The Morgan fingerprint density at radius 2 is 2.19 bits per heavy atom. The highest BCUT2D eigenvalue weighted by atomic mass is 16.4. The highest BCUT2D eigenvalue weighted by Gasteiger charge is 2.26. The summed E-state index contributed by atoms with van der Waals surface area (Å²) in [5.74, 6) is 1.96. The van der Waals surface area contributed by atoms with E-state index >= 15 is 0 Å². The molecule has 90 valence electrons. The van der Waals surface area contributed by atoms with Gasteiger partial charge in [0.15, 0.2) is 0 Å². The molecule has 0 spiro atoms. The van der Waals surface area contributed by atoms with Crippen LogP contribution in [0.3, 0.4) is 0 Å². The summed E-state index contributed by atoms with van der Waals surface area (Å²) < 4.78 is 5.35. The Bertz CT molecular complexity index is 338. The third kappa shape index (κ3) is 2.52. The van der Waals surface area contributed by atoms with Crippen LogP contribution in [0.25, 0.3) is 0 Å². The maximum atomic E-state index is 5.42. The minimum atomic E-state index is 0.298. The second-order valence-electron chi connectivity index (χ2n) is 4.85. The molecule has 1 heterocycles. The Kier molecular flexibility index (Phi) is 3.43. The van der Waals surface area contributed by atoms with E-state index < -0.39 is 0 Å². The average Bonchev–Trinajstić information content (AvgIpc) is 2.70. The van der Waals surface area contributed by atoms with Crippen molar-refractivity contribution in [1.29, 1.82) is 0 Å². The Hall–Kier alpha value is -1.10. The van der Waals surface area contributed by atoms with Gasteiger partial charge < -0.3 is 15.5 Å². The SMILES string of the molecule is CC1CCC(Nc2nnc(CN)o2)C(C)C1. The van der Waals surface area contributed by atoms with Crippen molar-refractivity contribution in [1.82, 2.24) is 10.2 Å². The van der Waals surface area contributed by atoms with E-state index in [0.29, 0.717) is 30.4 Å². The Morgan fingerprint density at radius 1 is 1.38 bits per heavy atom. The first-order chi connectivity index (χ1) is 7.69. The lowest BCUT2D eigenvalue weighted by molar-refractivity contribution is 0.273. The summed E-state index contributed by atoms with van der Waals surface area (Å²) in [6.07, 6.45) is 3.69. The zero-order chi connectivity index (χ0) is 11.5. The standard InChI is InChI=1S/C11H20N4O/c1-7-3-4-9(8(2)5-7)13-11-15-14-10(6-12)16-11/h7-9H,3-6,12H2,1-2H3,(H,13,15). The average molecular weight is 224 g/mol. The lowest BCUT2D eigenvalue weighted by Gasteiger charge is -2.32. The van der Waals surface area contributed by atoms with Gasteiger partial charge in [-0.3, -0.25) is 0 Å². The fraction of sp³-hybridized carbons (Fsp3) is 0.818. The molecule has 5 heteroatoms. The van der Waals surface area contributed by atoms with Crippen molar-refractivity contribution in [2.24, 2.45) is 17.6 Å². The second-order valence-corrected chi connectivity index (χ2v) is 4.85. The summed E-state index contributed by atoms with van der Waals surface area (Å²) in [7, 11) is 0. The molecule has 3 unspecified atom stereocenters. The van der Waals surface area contributed by atoms with Gasteiger partial charge in [0.25, 0.3) is 0 Å². The van der Waals surface area contributed by atoms with E-state index in [2.05, 4.69) is 29.4 Å². The van der Waals surface area contributed by atoms with Crippen LogP contribution in [0.1, 0.15) is 39.0 Å². The summed E-state index contributed by atoms with van der Waals surface area (Å²) in [5.41, 5.74) is 5.42. The number of hydrogen-bond donors (Lipinski definition) is 2. The van der Waals surface area contributed by atoms with Gasteiger partial charge in [-0.05, 0) is 31.1 Å². The smallest absolute Gasteiger partial charge is 0.315 e. The van der Waals surface area contributed by atoms with Crippen molar-refractivity contribution < 1.29 is 4.42 Å². The van der Waals surface area contributed by atoms with Crippen molar-refractivity contribution in [3.05, 3.63) is 5.89 Å². The highest BCUT2D eigenvalue weighted by Crippen LogP contribution is 2.30. The maximum Gasteiger partial charge on any atom is 0.315 e. The van der Waals surface area contributed by atoms with Gasteiger partial charge in [0.05, 0.1) is 6.54 Å².